The standard InChI is InChI=1S/C36H40FN7O4/c1-21-5-8-29(37)28(34(21)48-4)19-44-18-26(7-10-31(44)36(46)41-32-16-23(20-47-3)11-13-39-32)40-35(45)25-6-9-30-27(17-25)33(43-42-30)24-12-14-38-22(2)15-24/h5-6,8-9,11-17,21,26,31,34H,7,10,18-20H2,1-4H3,(H,40,45)(H,42,43)(H,39,41,46). The van der Waals surface area contributed by atoms with Crippen LogP contribution in [0, 0.1) is 12.8 Å². The lowest BCUT2D eigenvalue weighted by atomic mass is 9.89. The Balaban J connectivity index is 1.22. The summed E-state index contributed by atoms with van der Waals surface area (Å²) >= 11 is 0. The summed E-state index contributed by atoms with van der Waals surface area (Å²) in [6, 6.07) is 12.0. The van der Waals surface area contributed by atoms with Crippen molar-refractivity contribution in [3.05, 3.63) is 95.2 Å². The van der Waals surface area contributed by atoms with Crippen molar-refractivity contribution in [1.82, 2.24) is 30.4 Å². The molecule has 1 saturated heterocycles. The molecule has 4 heterocycles. The van der Waals surface area contributed by atoms with Gasteiger partial charge in [0.25, 0.3) is 5.91 Å². The maximum Gasteiger partial charge on any atom is 0.251 e. The number of amides is 2. The lowest BCUT2D eigenvalue weighted by molar-refractivity contribution is -0.122. The Hall–Kier alpha value is -4.78. The number of fused-ring (bicyclic) bond motifs is 1. The number of aryl methyl sites for hydroxylation is 1. The highest BCUT2D eigenvalue weighted by atomic mass is 19.1. The first-order valence-electron chi connectivity index (χ1n) is 16.0. The average molecular weight is 654 g/mol. The smallest absolute Gasteiger partial charge is 0.251 e. The summed E-state index contributed by atoms with van der Waals surface area (Å²) in [5, 5.41) is 14.5. The van der Waals surface area contributed by atoms with Crippen LogP contribution in [0.2, 0.25) is 0 Å². The van der Waals surface area contributed by atoms with Crippen LogP contribution < -0.4 is 10.6 Å². The van der Waals surface area contributed by atoms with Gasteiger partial charge in [-0.05, 0) is 73.9 Å². The van der Waals surface area contributed by atoms with E-state index in [2.05, 4.69) is 30.8 Å². The number of nitrogens with one attached hydrogen (secondary N) is 3. The zero-order chi connectivity index (χ0) is 33.8. The summed E-state index contributed by atoms with van der Waals surface area (Å²) in [6.07, 6.45) is 7.13. The van der Waals surface area contributed by atoms with Crippen molar-refractivity contribution in [2.75, 3.05) is 32.6 Å². The van der Waals surface area contributed by atoms with Crippen LogP contribution >= 0.6 is 0 Å². The summed E-state index contributed by atoms with van der Waals surface area (Å²) in [4.78, 5) is 37.9. The Labute approximate surface area is 278 Å². The molecule has 1 aliphatic heterocycles. The number of hydrogen-bond donors (Lipinski definition) is 3. The number of anilines is 1. The summed E-state index contributed by atoms with van der Waals surface area (Å²) in [6.45, 7) is 4.77. The minimum absolute atomic E-state index is 0.0383. The maximum absolute atomic E-state index is 15.3. The third-order valence-electron chi connectivity index (χ3n) is 9.01. The number of aromatic amines is 1. The minimum atomic E-state index is -0.585. The molecule has 1 aliphatic carbocycles. The van der Waals surface area contributed by atoms with E-state index >= 15 is 4.39 Å². The number of aromatic nitrogens is 4. The van der Waals surface area contributed by atoms with Gasteiger partial charge in [0.1, 0.15) is 17.3 Å². The van der Waals surface area contributed by atoms with Crippen molar-refractivity contribution >= 4 is 28.5 Å². The van der Waals surface area contributed by atoms with Crippen LogP contribution in [-0.2, 0) is 20.9 Å². The highest BCUT2D eigenvalue weighted by Crippen LogP contribution is 2.31. The third kappa shape index (κ3) is 7.20. The first-order valence-corrected chi connectivity index (χ1v) is 16.0. The Morgan fingerprint density at radius 3 is 2.71 bits per heavy atom. The number of allylic oxidation sites excluding steroid dienone is 2. The number of carbonyl (C=O) groups is 2. The predicted octanol–water partition coefficient (Wildman–Crippen LogP) is 5.12. The van der Waals surface area contributed by atoms with E-state index < -0.39 is 12.1 Å². The van der Waals surface area contributed by atoms with Gasteiger partial charge in [-0.1, -0.05) is 13.0 Å². The second-order valence-corrected chi connectivity index (χ2v) is 12.4. The molecule has 3 N–H and O–H groups in total. The highest BCUT2D eigenvalue weighted by molar-refractivity contribution is 6.01. The molecule has 4 atom stereocenters. The number of halogens is 1. The molecule has 11 nitrogen and oxygen atoms in total. The van der Waals surface area contributed by atoms with Crippen molar-refractivity contribution in [2.24, 2.45) is 5.92 Å². The van der Waals surface area contributed by atoms with E-state index in [0.29, 0.717) is 42.9 Å². The number of ether oxygens (including phenoxy) is 2. The predicted molar refractivity (Wildman–Crippen MR) is 181 cm³/mol. The van der Waals surface area contributed by atoms with Crippen molar-refractivity contribution in [1.29, 1.82) is 0 Å². The number of benzene rings is 1. The molecule has 12 heteroatoms. The van der Waals surface area contributed by atoms with E-state index in [1.54, 1.807) is 44.8 Å². The number of methoxy groups -OCH3 is 2. The molecule has 0 bridgehead atoms. The first-order chi connectivity index (χ1) is 23.2. The number of rotatable bonds is 10. The lowest BCUT2D eigenvalue weighted by Crippen LogP contribution is -2.56. The fourth-order valence-electron chi connectivity index (χ4n) is 6.62. The largest absolute Gasteiger partial charge is 0.380 e. The van der Waals surface area contributed by atoms with Gasteiger partial charge >= 0.3 is 0 Å². The number of nitrogens with zero attached hydrogens (tertiary/aromatic N) is 4. The van der Waals surface area contributed by atoms with Crippen molar-refractivity contribution < 1.29 is 23.5 Å². The molecule has 1 aromatic carbocycles. The van der Waals surface area contributed by atoms with Crippen molar-refractivity contribution in [3.63, 3.8) is 0 Å². The molecule has 1 fully saturated rings. The van der Waals surface area contributed by atoms with E-state index in [-0.39, 0.29) is 36.1 Å². The Morgan fingerprint density at radius 2 is 1.92 bits per heavy atom. The second kappa shape index (κ2) is 14.5. The van der Waals surface area contributed by atoms with Gasteiger partial charge in [0.05, 0.1) is 24.3 Å². The molecule has 6 rings (SSSR count). The average Bonchev–Trinajstić information content (AvgIpc) is 3.50. The van der Waals surface area contributed by atoms with Crippen LogP contribution in [0.15, 0.2) is 78.4 Å². The quantitative estimate of drug-likeness (QED) is 0.215. The minimum Gasteiger partial charge on any atom is -0.380 e. The molecule has 0 radical (unpaired) electrons. The number of pyridine rings is 2. The Bertz CT molecular complexity index is 1870. The van der Waals surface area contributed by atoms with Gasteiger partial charge in [-0.3, -0.25) is 24.6 Å². The van der Waals surface area contributed by atoms with Gasteiger partial charge in [0.2, 0.25) is 5.91 Å². The van der Waals surface area contributed by atoms with E-state index in [1.165, 1.54) is 6.08 Å². The fraction of sp³-hybridized carbons (Fsp3) is 0.361. The van der Waals surface area contributed by atoms with Gasteiger partial charge in [0.15, 0.2) is 0 Å². The molecule has 4 aromatic rings. The molecule has 0 spiro atoms. The van der Waals surface area contributed by atoms with Crippen molar-refractivity contribution in [2.45, 2.75) is 51.5 Å². The number of hydrogen-bond acceptors (Lipinski definition) is 8. The molecular weight excluding hydrogens is 613 g/mol. The molecular formula is C36H40FN7O4. The van der Waals surface area contributed by atoms with Crippen LogP contribution in [0.3, 0.4) is 0 Å². The lowest BCUT2D eigenvalue weighted by Gasteiger charge is -2.40. The van der Waals surface area contributed by atoms with Gasteiger partial charge in [-0.25, -0.2) is 9.37 Å². The molecule has 4 unspecified atom stereocenters. The number of H-pyrrole nitrogens is 1. The van der Waals surface area contributed by atoms with E-state index in [0.717, 1.165) is 33.4 Å². The third-order valence-corrected chi connectivity index (χ3v) is 9.01. The summed E-state index contributed by atoms with van der Waals surface area (Å²) in [5.41, 5.74) is 5.17. The van der Waals surface area contributed by atoms with E-state index in [9.17, 15) is 9.59 Å². The Kier molecular flexibility index (Phi) is 10.0. The topological polar surface area (TPSA) is 134 Å². The highest BCUT2D eigenvalue weighted by Gasteiger charge is 2.37. The SMILES string of the molecule is COCc1ccnc(NC(=O)C2CCC(NC(=O)c3ccc4[nH]nc(-c5ccnc(C)c5)c4c3)CN2CC2=C(F)C=CC(C)C2OC)c1. The maximum atomic E-state index is 15.3. The van der Waals surface area contributed by atoms with Crippen LogP contribution in [0.1, 0.15) is 41.4 Å². The molecule has 2 aliphatic rings. The molecule has 2 amide bonds. The zero-order valence-corrected chi connectivity index (χ0v) is 27.5. The summed E-state index contributed by atoms with van der Waals surface area (Å²) in [5.74, 6) is -0.483. The number of likely N-dealkylation sites (tertiary alicyclic amines) is 1. The molecule has 0 saturated carbocycles. The molecule has 48 heavy (non-hydrogen) atoms. The van der Waals surface area contributed by atoms with Gasteiger partial charge in [-0.15, -0.1) is 0 Å². The number of piperidine rings is 1. The van der Waals surface area contributed by atoms with Gasteiger partial charge in [0, 0.05) is 79.4 Å². The zero-order valence-electron chi connectivity index (χ0n) is 27.5. The summed E-state index contributed by atoms with van der Waals surface area (Å²) in [7, 11) is 3.17. The monoisotopic (exact) mass is 653 g/mol. The normalized spacial score (nSPS) is 21.4. The molecule has 250 valence electrons. The van der Waals surface area contributed by atoms with Crippen LogP contribution in [0.4, 0.5) is 10.2 Å². The molecule has 3 aromatic heterocycles. The van der Waals surface area contributed by atoms with E-state index in [1.807, 2.05) is 49.1 Å². The Morgan fingerprint density at radius 1 is 1.08 bits per heavy atom. The second-order valence-electron chi connectivity index (χ2n) is 12.4. The van der Waals surface area contributed by atoms with Crippen LogP contribution in [-0.4, -0.2) is 82.4 Å². The fourth-order valence-corrected chi connectivity index (χ4v) is 6.62. The number of carbonyl (C=O) groups excluding carboxylic acids is 2. The van der Waals surface area contributed by atoms with Crippen LogP contribution in [0.25, 0.3) is 22.2 Å². The van der Waals surface area contributed by atoms with Gasteiger partial charge in [-0.2, -0.15) is 5.10 Å². The summed E-state index contributed by atoms with van der Waals surface area (Å²) < 4.78 is 26.2. The van der Waals surface area contributed by atoms with Crippen LogP contribution in [0.5, 0.6) is 0 Å². The van der Waals surface area contributed by atoms with Crippen molar-refractivity contribution in [3.8, 4) is 11.3 Å². The van der Waals surface area contributed by atoms with E-state index in [4.69, 9.17) is 9.47 Å². The first kappa shape index (κ1) is 33.1. The van der Waals surface area contributed by atoms with Gasteiger partial charge < -0.3 is 20.1 Å².